The number of fused-ring (bicyclic) bond motifs is 2. The van der Waals surface area contributed by atoms with Gasteiger partial charge in [0.25, 0.3) is 0 Å². The van der Waals surface area contributed by atoms with Crippen molar-refractivity contribution in [2.24, 2.45) is 7.05 Å². The topological polar surface area (TPSA) is 46.8 Å². The minimum Gasteiger partial charge on any atom is -0.296 e. The average molecular weight is 313 g/mol. The molecule has 1 aliphatic rings. The van der Waals surface area contributed by atoms with Gasteiger partial charge in [-0.1, -0.05) is 6.07 Å². The fourth-order valence-electron chi connectivity index (χ4n) is 3.29. The highest BCUT2D eigenvalue weighted by atomic mass is 32.1. The van der Waals surface area contributed by atoms with Crippen molar-refractivity contribution in [3.63, 3.8) is 0 Å². The Hall–Kier alpha value is -1.79. The lowest BCUT2D eigenvalue weighted by atomic mass is 10.1. The maximum Gasteiger partial charge on any atom is 0.105 e. The first kappa shape index (κ1) is 13.8. The second-order valence-electron chi connectivity index (χ2n) is 6.00. The molecule has 3 aromatic rings. The first-order valence-corrected chi connectivity index (χ1v) is 8.41. The van der Waals surface area contributed by atoms with Crippen molar-refractivity contribution in [2.75, 3.05) is 13.1 Å². The summed E-state index contributed by atoms with van der Waals surface area (Å²) in [6, 6.07) is 6.84. The molecular formula is C16H19N5S. The van der Waals surface area contributed by atoms with Crippen LogP contribution in [0.4, 0.5) is 0 Å². The van der Waals surface area contributed by atoms with Gasteiger partial charge in [-0.3, -0.25) is 9.58 Å². The zero-order valence-electron chi connectivity index (χ0n) is 12.9. The van der Waals surface area contributed by atoms with Gasteiger partial charge >= 0.3 is 0 Å². The molecule has 0 fully saturated rings. The molecule has 1 atom stereocenters. The molecule has 6 heteroatoms. The van der Waals surface area contributed by atoms with Gasteiger partial charge in [-0.05, 0) is 36.6 Å². The number of aryl methyl sites for hydroxylation is 1. The van der Waals surface area contributed by atoms with Gasteiger partial charge in [0.05, 0.1) is 17.4 Å². The van der Waals surface area contributed by atoms with Crippen LogP contribution in [0.25, 0.3) is 11.0 Å². The Balaban J connectivity index is 1.55. The smallest absolute Gasteiger partial charge is 0.105 e. The molecule has 0 amide bonds. The Kier molecular flexibility index (Phi) is 3.43. The Morgan fingerprint density at radius 2 is 1.95 bits per heavy atom. The minimum atomic E-state index is 0.392. The first-order valence-electron chi connectivity index (χ1n) is 7.68. The molecule has 0 spiro atoms. The zero-order chi connectivity index (χ0) is 15.1. The SMILES string of the molecule is CC(c1ccc2nsnc2c1)N1CCc2cn(C)nc2CC1. The molecule has 4 rings (SSSR count). The molecule has 0 aliphatic carbocycles. The number of nitrogens with zero attached hydrogens (tertiary/aromatic N) is 5. The molecular weight excluding hydrogens is 294 g/mol. The summed E-state index contributed by atoms with van der Waals surface area (Å²) in [5.74, 6) is 0. The first-order chi connectivity index (χ1) is 10.7. The summed E-state index contributed by atoms with van der Waals surface area (Å²) in [6.45, 7) is 4.41. The van der Waals surface area contributed by atoms with E-state index in [0.717, 1.165) is 37.0 Å². The van der Waals surface area contributed by atoms with Crippen LogP contribution < -0.4 is 0 Å². The normalized spacial score (nSPS) is 17.4. The third-order valence-corrected chi connectivity index (χ3v) is 5.16. The Morgan fingerprint density at radius 1 is 1.14 bits per heavy atom. The summed E-state index contributed by atoms with van der Waals surface area (Å²) in [5, 5.41) is 4.58. The van der Waals surface area contributed by atoms with Crippen molar-refractivity contribution in [2.45, 2.75) is 25.8 Å². The van der Waals surface area contributed by atoms with E-state index in [-0.39, 0.29) is 0 Å². The number of rotatable bonds is 2. The van der Waals surface area contributed by atoms with Gasteiger partial charge in [-0.25, -0.2) is 0 Å². The summed E-state index contributed by atoms with van der Waals surface area (Å²) in [6.07, 6.45) is 4.27. The van der Waals surface area contributed by atoms with Gasteiger partial charge in [0.1, 0.15) is 11.0 Å². The molecule has 22 heavy (non-hydrogen) atoms. The van der Waals surface area contributed by atoms with Gasteiger partial charge in [0.2, 0.25) is 0 Å². The lowest BCUT2D eigenvalue weighted by molar-refractivity contribution is 0.220. The molecule has 1 aliphatic heterocycles. The molecule has 1 unspecified atom stereocenters. The van der Waals surface area contributed by atoms with Crippen LogP contribution in [-0.2, 0) is 19.9 Å². The van der Waals surface area contributed by atoms with Crippen LogP contribution in [0.1, 0.15) is 29.8 Å². The largest absolute Gasteiger partial charge is 0.296 e. The van der Waals surface area contributed by atoms with E-state index >= 15 is 0 Å². The monoisotopic (exact) mass is 313 g/mol. The second kappa shape index (κ2) is 5.44. The van der Waals surface area contributed by atoms with Gasteiger partial charge in [-0.15, -0.1) is 0 Å². The maximum absolute atomic E-state index is 4.58. The van der Waals surface area contributed by atoms with Crippen LogP contribution >= 0.6 is 11.7 Å². The molecule has 0 radical (unpaired) electrons. The highest BCUT2D eigenvalue weighted by Gasteiger charge is 2.21. The summed E-state index contributed by atoms with van der Waals surface area (Å²) in [5.41, 5.74) is 5.98. The zero-order valence-corrected chi connectivity index (χ0v) is 13.7. The lowest BCUT2D eigenvalue weighted by Crippen LogP contribution is -2.29. The molecule has 0 N–H and O–H groups in total. The fraction of sp³-hybridized carbons (Fsp3) is 0.438. The van der Waals surface area contributed by atoms with E-state index in [4.69, 9.17) is 0 Å². The van der Waals surface area contributed by atoms with Gasteiger partial charge in [0, 0.05) is 38.8 Å². The molecule has 1 aromatic carbocycles. The predicted molar refractivity (Wildman–Crippen MR) is 88.0 cm³/mol. The molecule has 5 nitrogen and oxygen atoms in total. The molecule has 114 valence electrons. The summed E-state index contributed by atoms with van der Waals surface area (Å²) < 4.78 is 10.6. The number of hydrogen-bond acceptors (Lipinski definition) is 5. The van der Waals surface area contributed by atoms with Crippen molar-refractivity contribution in [3.05, 3.63) is 41.2 Å². The molecule has 0 saturated carbocycles. The standard InChI is InChI=1S/C16H19N5S/c1-11(12-3-4-15-16(9-12)19-22-18-15)21-7-5-13-10-20(2)17-14(13)6-8-21/h3-4,9-11H,5-8H2,1-2H3. The van der Waals surface area contributed by atoms with E-state index < -0.39 is 0 Å². The highest BCUT2D eigenvalue weighted by molar-refractivity contribution is 7.00. The van der Waals surface area contributed by atoms with Crippen LogP contribution in [0.3, 0.4) is 0 Å². The third kappa shape index (κ3) is 2.42. The van der Waals surface area contributed by atoms with E-state index in [2.05, 4.69) is 50.1 Å². The van der Waals surface area contributed by atoms with Gasteiger partial charge in [0.15, 0.2) is 0 Å². The predicted octanol–water partition coefficient (Wildman–Crippen LogP) is 2.59. The lowest BCUT2D eigenvalue weighted by Gasteiger charge is -2.27. The van der Waals surface area contributed by atoms with Crippen molar-refractivity contribution in [1.29, 1.82) is 0 Å². The highest BCUT2D eigenvalue weighted by Crippen LogP contribution is 2.26. The van der Waals surface area contributed by atoms with Crippen molar-refractivity contribution in [3.8, 4) is 0 Å². The van der Waals surface area contributed by atoms with Crippen LogP contribution in [0.2, 0.25) is 0 Å². The second-order valence-corrected chi connectivity index (χ2v) is 6.53. The summed E-state index contributed by atoms with van der Waals surface area (Å²) in [4.78, 5) is 2.54. The van der Waals surface area contributed by atoms with E-state index in [1.54, 1.807) is 0 Å². The Labute approximate surface area is 133 Å². The fourth-order valence-corrected chi connectivity index (χ4v) is 3.80. The van der Waals surface area contributed by atoms with E-state index in [1.807, 2.05) is 11.7 Å². The summed E-state index contributed by atoms with van der Waals surface area (Å²) >= 11 is 1.28. The molecule has 2 aromatic heterocycles. The van der Waals surface area contributed by atoms with Gasteiger partial charge in [-0.2, -0.15) is 13.8 Å². The van der Waals surface area contributed by atoms with Crippen LogP contribution in [0.5, 0.6) is 0 Å². The number of aromatic nitrogens is 4. The Morgan fingerprint density at radius 3 is 2.86 bits per heavy atom. The van der Waals surface area contributed by atoms with Crippen LogP contribution in [0, 0.1) is 0 Å². The average Bonchev–Trinajstić information content (AvgIpc) is 3.07. The summed E-state index contributed by atoms with van der Waals surface area (Å²) in [7, 11) is 2.01. The van der Waals surface area contributed by atoms with Crippen LogP contribution in [-0.4, -0.2) is 36.5 Å². The third-order valence-electron chi connectivity index (χ3n) is 4.60. The Bertz CT molecular complexity index is 780. The number of benzene rings is 1. The van der Waals surface area contributed by atoms with Crippen molar-refractivity contribution in [1.82, 2.24) is 23.4 Å². The minimum absolute atomic E-state index is 0.392. The van der Waals surface area contributed by atoms with E-state index in [0.29, 0.717) is 6.04 Å². The van der Waals surface area contributed by atoms with Crippen molar-refractivity contribution < 1.29 is 0 Å². The van der Waals surface area contributed by atoms with E-state index in [1.165, 1.54) is 28.5 Å². The molecule has 0 saturated heterocycles. The van der Waals surface area contributed by atoms with E-state index in [9.17, 15) is 0 Å². The quantitative estimate of drug-likeness (QED) is 0.729. The molecule has 0 bridgehead atoms. The van der Waals surface area contributed by atoms with Crippen molar-refractivity contribution >= 4 is 22.8 Å². The van der Waals surface area contributed by atoms with Gasteiger partial charge < -0.3 is 0 Å². The molecule has 3 heterocycles. The van der Waals surface area contributed by atoms with Crippen LogP contribution in [0.15, 0.2) is 24.4 Å². The maximum atomic E-state index is 4.58. The number of hydrogen-bond donors (Lipinski definition) is 0.